The first-order valence-electron chi connectivity index (χ1n) is 23.4. The third-order valence-corrected chi connectivity index (χ3v) is 12.2. The van der Waals surface area contributed by atoms with Crippen molar-refractivity contribution in [3.05, 3.63) is 94.7 Å². The van der Waals surface area contributed by atoms with Crippen LogP contribution in [0.2, 0.25) is 0 Å². The number of likely N-dealkylation sites (N-methyl/N-ethyl adjacent to an activating group) is 1. The van der Waals surface area contributed by atoms with Crippen LogP contribution in [0.25, 0.3) is 22.4 Å². The van der Waals surface area contributed by atoms with Crippen LogP contribution in [0.15, 0.2) is 66.7 Å². The number of nitrogens with zero attached hydrogens (tertiary/aromatic N) is 3. The van der Waals surface area contributed by atoms with Crippen molar-refractivity contribution >= 4 is 40.8 Å². The van der Waals surface area contributed by atoms with Crippen LogP contribution in [-0.4, -0.2) is 90.9 Å². The summed E-state index contributed by atoms with van der Waals surface area (Å²) in [5, 5.41) is 14.9. The van der Waals surface area contributed by atoms with Gasteiger partial charge in [-0.25, -0.2) is 0 Å². The molecule has 4 aromatic rings. The van der Waals surface area contributed by atoms with Gasteiger partial charge >= 0.3 is 0 Å². The van der Waals surface area contributed by atoms with Gasteiger partial charge in [0.2, 0.25) is 17.7 Å². The molecule has 1 aliphatic heterocycles. The number of fused-ring (bicyclic) bond motifs is 5. The standard InChI is InChI=1S/C53H66N8O8/c1-31-25-46(65)50(36-13-17-48(69-24-22-57)41(28-36)40-26-34(10-16-47(40)68-23-21-56)27-42(60-51(31)66)44(63)9-8-19-54)61(7)52(67)37(18-20-55)29-45(64)39-30-43(59-33(3)62)49(58-32(39)2)35-11-14-38(15-12-35)53(4,5)6/h10-17,26,28,30-31,37,42,50H,8-9,18,20-25,27,29,55-57H2,1-7H3,(H,59,62)(H,60,66)/t31-,37-,42+,50+/m1/s1. The quantitative estimate of drug-likeness (QED) is 0.0729. The van der Waals surface area contributed by atoms with Crippen LogP contribution in [0, 0.1) is 30.1 Å². The maximum absolute atomic E-state index is 14.9. The first-order chi connectivity index (χ1) is 32.8. The Balaban J connectivity index is 1.59. The SMILES string of the molecule is CC(=O)Nc1cc(C(=O)C[C@@H](CCN)C(=O)N(C)[C@@H]2C(=O)C[C@@H](C)C(=O)N[C@H](C(=O)CCC#N)Cc3ccc(OCCN)c(c3)-c3cc2ccc3OCCN)c(C)nc1-c1ccc(C(C)(C)C)cc1. The summed E-state index contributed by atoms with van der Waals surface area (Å²) < 4.78 is 12.3. The van der Waals surface area contributed by atoms with E-state index in [1.54, 1.807) is 50.2 Å². The smallest absolute Gasteiger partial charge is 0.226 e. The highest BCUT2D eigenvalue weighted by molar-refractivity contribution is 6.03. The molecule has 366 valence electrons. The molecule has 0 fully saturated rings. The Hall–Kier alpha value is -6.80. The second-order valence-corrected chi connectivity index (χ2v) is 18.6. The summed E-state index contributed by atoms with van der Waals surface area (Å²) in [6, 6.07) is 19.5. The number of hydrogen-bond donors (Lipinski definition) is 5. The van der Waals surface area contributed by atoms with E-state index in [2.05, 4.69) is 31.4 Å². The van der Waals surface area contributed by atoms with Gasteiger partial charge in [0.05, 0.1) is 23.5 Å². The lowest BCUT2D eigenvalue weighted by atomic mass is 9.86. The summed E-state index contributed by atoms with van der Waals surface area (Å²) in [5.41, 5.74) is 23.1. The van der Waals surface area contributed by atoms with Gasteiger partial charge in [-0.1, -0.05) is 64.1 Å². The fourth-order valence-corrected chi connectivity index (χ4v) is 8.50. The average Bonchev–Trinajstić information content (AvgIpc) is 3.31. The van der Waals surface area contributed by atoms with Crippen molar-refractivity contribution in [1.82, 2.24) is 15.2 Å². The van der Waals surface area contributed by atoms with Crippen molar-refractivity contribution < 1.29 is 38.2 Å². The number of Topliss-reactive ketones (excluding diaryl/α,β-unsaturated/α-hetero) is 3. The maximum Gasteiger partial charge on any atom is 0.226 e. The van der Waals surface area contributed by atoms with Crippen molar-refractivity contribution in [2.24, 2.45) is 29.0 Å². The Morgan fingerprint density at radius 1 is 0.913 bits per heavy atom. The van der Waals surface area contributed by atoms with Crippen molar-refractivity contribution in [3.63, 3.8) is 0 Å². The van der Waals surface area contributed by atoms with Crippen molar-refractivity contribution in [1.29, 1.82) is 5.26 Å². The van der Waals surface area contributed by atoms with Gasteiger partial charge in [-0.05, 0) is 78.7 Å². The second kappa shape index (κ2) is 24.0. The first-order valence-corrected chi connectivity index (χ1v) is 23.4. The molecule has 0 spiro atoms. The summed E-state index contributed by atoms with van der Waals surface area (Å²) >= 11 is 0. The Kier molecular flexibility index (Phi) is 18.5. The maximum atomic E-state index is 14.9. The molecule has 4 bridgehead atoms. The van der Waals surface area contributed by atoms with E-state index in [4.69, 9.17) is 31.7 Å². The van der Waals surface area contributed by atoms with E-state index in [0.29, 0.717) is 50.8 Å². The number of benzene rings is 3. The number of carbonyl (C=O) groups excluding carboxylic acids is 6. The van der Waals surface area contributed by atoms with E-state index < -0.39 is 47.3 Å². The predicted molar refractivity (Wildman–Crippen MR) is 264 cm³/mol. The van der Waals surface area contributed by atoms with E-state index in [1.165, 1.54) is 18.9 Å². The molecule has 0 radical (unpaired) electrons. The molecular formula is C53H66N8O8. The third-order valence-electron chi connectivity index (χ3n) is 12.2. The molecule has 3 amide bonds. The largest absolute Gasteiger partial charge is 0.492 e. The Morgan fingerprint density at radius 3 is 2.14 bits per heavy atom. The molecule has 0 saturated heterocycles. The van der Waals surface area contributed by atoms with Crippen molar-refractivity contribution in [2.75, 3.05) is 45.2 Å². The molecule has 16 nitrogen and oxygen atoms in total. The third kappa shape index (κ3) is 13.5. The number of pyridine rings is 1. The van der Waals surface area contributed by atoms with Crippen LogP contribution in [-0.2, 0) is 35.8 Å². The van der Waals surface area contributed by atoms with Gasteiger partial charge in [0.1, 0.15) is 30.8 Å². The number of aryl methyl sites for hydroxylation is 1. The fraction of sp³-hybridized carbons (Fsp3) is 0.434. The van der Waals surface area contributed by atoms with Gasteiger partial charge in [-0.2, -0.15) is 5.26 Å². The zero-order valence-electron chi connectivity index (χ0n) is 40.8. The molecule has 2 heterocycles. The van der Waals surface area contributed by atoms with Crippen LogP contribution in [0.1, 0.15) is 106 Å². The highest BCUT2D eigenvalue weighted by Gasteiger charge is 2.36. The summed E-state index contributed by atoms with van der Waals surface area (Å²) in [5.74, 6) is -3.84. The van der Waals surface area contributed by atoms with Crippen LogP contribution in [0.4, 0.5) is 5.69 Å². The second-order valence-electron chi connectivity index (χ2n) is 18.6. The topological polar surface area (TPSA) is 263 Å². The van der Waals surface area contributed by atoms with E-state index in [-0.39, 0.29) is 94.0 Å². The molecule has 69 heavy (non-hydrogen) atoms. The van der Waals surface area contributed by atoms with E-state index >= 15 is 0 Å². The van der Waals surface area contributed by atoms with E-state index in [9.17, 15) is 34.0 Å². The summed E-state index contributed by atoms with van der Waals surface area (Å²) in [6.45, 7) is 11.7. The summed E-state index contributed by atoms with van der Waals surface area (Å²) in [4.78, 5) is 90.0. The predicted octanol–water partition coefficient (Wildman–Crippen LogP) is 5.90. The lowest BCUT2D eigenvalue weighted by Crippen LogP contribution is -2.46. The van der Waals surface area contributed by atoms with Crippen LogP contribution in [0.3, 0.4) is 0 Å². The van der Waals surface area contributed by atoms with E-state index in [1.807, 2.05) is 36.4 Å². The Labute approximate surface area is 404 Å². The van der Waals surface area contributed by atoms with Crippen molar-refractivity contribution in [2.45, 2.75) is 97.6 Å². The number of nitriles is 1. The normalized spacial score (nSPS) is 16.6. The first kappa shape index (κ1) is 53.2. The van der Waals surface area contributed by atoms with E-state index in [0.717, 1.165) is 11.1 Å². The van der Waals surface area contributed by atoms with Crippen molar-refractivity contribution in [3.8, 4) is 40.0 Å². The Morgan fingerprint density at radius 2 is 1.55 bits per heavy atom. The van der Waals surface area contributed by atoms with Gasteiger partial charge in [0, 0.05) is 92.5 Å². The molecule has 4 atom stereocenters. The molecule has 5 rings (SSSR count). The molecule has 1 aromatic heterocycles. The number of nitrogens with one attached hydrogen (secondary N) is 2. The number of ketones is 3. The van der Waals surface area contributed by atoms with Crippen LogP contribution < -0.4 is 37.3 Å². The number of hydrogen-bond acceptors (Lipinski definition) is 13. The zero-order valence-corrected chi connectivity index (χ0v) is 40.8. The Bertz CT molecular complexity index is 2580. The number of ether oxygens (including phenoxy) is 2. The lowest BCUT2D eigenvalue weighted by Gasteiger charge is -2.32. The minimum absolute atomic E-state index is 0.0404. The number of nitrogens with two attached hydrogens (primary N) is 3. The van der Waals surface area contributed by atoms with Gasteiger partial charge in [-0.15, -0.1) is 0 Å². The lowest BCUT2D eigenvalue weighted by molar-refractivity contribution is -0.142. The molecule has 1 aliphatic rings. The molecule has 3 aromatic carbocycles. The number of aromatic nitrogens is 1. The molecule has 0 aliphatic carbocycles. The van der Waals surface area contributed by atoms with Crippen LogP contribution >= 0.6 is 0 Å². The highest BCUT2D eigenvalue weighted by Crippen LogP contribution is 2.41. The molecule has 0 saturated carbocycles. The number of amides is 3. The number of carbonyl (C=O) groups is 6. The summed E-state index contributed by atoms with van der Waals surface area (Å²) in [7, 11) is 1.48. The zero-order chi connectivity index (χ0) is 50.6. The monoisotopic (exact) mass is 943 g/mol. The summed E-state index contributed by atoms with van der Waals surface area (Å²) in [6.07, 6.45) is -0.589. The van der Waals surface area contributed by atoms with Gasteiger partial charge in [-0.3, -0.25) is 33.8 Å². The van der Waals surface area contributed by atoms with Gasteiger partial charge < -0.3 is 42.2 Å². The number of anilines is 1. The van der Waals surface area contributed by atoms with Crippen LogP contribution in [0.5, 0.6) is 11.5 Å². The molecular weight excluding hydrogens is 877 g/mol. The minimum Gasteiger partial charge on any atom is -0.492 e. The fourth-order valence-electron chi connectivity index (χ4n) is 8.50. The molecule has 16 heteroatoms. The molecule has 0 unspecified atom stereocenters. The van der Waals surface area contributed by atoms with Gasteiger partial charge in [0.25, 0.3) is 0 Å². The minimum atomic E-state index is -1.28. The van der Waals surface area contributed by atoms with Gasteiger partial charge in [0.15, 0.2) is 17.3 Å². The number of rotatable bonds is 18. The average molecular weight is 943 g/mol. The highest BCUT2D eigenvalue weighted by atomic mass is 16.5. The molecule has 8 N–H and O–H groups in total.